The summed E-state index contributed by atoms with van der Waals surface area (Å²) in [5.74, 6) is -0.912. The van der Waals surface area contributed by atoms with Gasteiger partial charge in [0, 0.05) is 21.0 Å². The van der Waals surface area contributed by atoms with Crippen molar-refractivity contribution >= 4 is 21.2 Å². The molecule has 0 aliphatic heterocycles. The fraction of sp³-hybridized carbons (Fsp3) is 0.833. The molecule has 0 fully saturated rings. The maximum Gasteiger partial charge on any atom is 0.478 e. The third-order valence-corrected chi connectivity index (χ3v) is 4.65. The van der Waals surface area contributed by atoms with E-state index in [-0.39, 0.29) is 11.8 Å². The molecule has 6 nitrogen and oxygen atoms in total. The van der Waals surface area contributed by atoms with Gasteiger partial charge in [0.15, 0.2) is 0 Å². The Labute approximate surface area is 116 Å². The van der Waals surface area contributed by atoms with E-state index in [1.165, 1.54) is 13.8 Å². The maximum atomic E-state index is 11.1. The average Bonchev–Trinajstić information content (AvgIpc) is 2.31. The van der Waals surface area contributed by atoms with Crippen molar-refractivity contribution in [3.05, 3.63) is 0 Å². The van der Waals surface area contributed by atoms with Crippen LogP contribution < -0.4 is 0 Å². The quantitative estimate of drug-likeness (QED) is 0.593. The second-order valence-corrected chi connectivity index (χ2v) is 6.25. The molecule has 0 rings (SSSR count). The smallest absolute Gasteiger partial charge is 0.478 e. The van der Waals surface area contributed by atoms with Gasteiger partial charge < -0.3 is 18.3 Å². The predicted molar refractivity (Wildman–Crippen MR) is 71.8 cm³/mol. The van der Waals surface area contributed by atoms with Crippen molar-refractivity contribution in [3.8, 4) is 0 Å². The van der Waals surface area contributed by atoms with E-state index >= 15 is 0 Å². The molecule has 0 aromatic heterocycles. The second kappa shape index (κ2) is 9.94. The van der Waals surface area contributed by atoms with E-state index in [0.29, 0.717) is 13.0 Å². The lowest BCUT2D eigenvalue weighted by Gasteiger charge is -2.25. The summed E-state index contributed by atoms with van der Waals surface area (Å²) in [6, 6.07) is 0. The summed E-state index contributed by atoms with van der Waals surface area (Å²) in [5.41, 5.74) is -0.351. The number of ether oxygens (including phenoxy) is 2. The molecule has 19 heavy (non-hydrogen) atoms. The normalized spacial score (nSPS) is 14.0. The number of methoxy groups -OCH3 is 1. The van der Waals surface area contributed by atoms with Crippen molar-refractivity contribution in [1.82, 2.24) is 0 Å². The lowest BCUT2D eigenvalue weighted by molar-refractivity contribution is -0.139. The summed E-state index contributed by atoms with van der Waals surface area (Å²) in [7, 11) is -0.936. The van der Waals surface area contributed by atoms with Gasteiger partial charge >= 0.3 is 9.28 Å². The Balaban J connectivity index is 4.62. The van der Waals surface area contributed by atoms with Crippen LogP contribution in [0.4, 0.5) is 0 Å². The number of rotatable bonds is 9. The third kappa shape index (κ3) is 8.74. The van der Waals surface area contributed by atoms with Crippen LogP contribution in [0.3, 0.4) is 0 Å². The minimum Gasteiger partial charge on any atom is -0.486 e. The van der Waals surface area contributed by atoms with Crippen LogP contribution in [0.1, 0.15) is 40.5 Å². The first kappa shape index (κ1) is 18.1. The Bertz CT molecular complexity index is 267. The molecule has 2 unspecified atom stereocenters. The molecule has 0 aliphatic rings. The van der Waals surface area contributed by atoms with E-state index < -0.39 is 21.2 Å². The largest absolute Gasteiger partial charge is 0.486 e. The average molecular weight is 292 g/mol. The van der Waals surface area contributed by atoms with Gasteiger partial charge in [-0.3, -0.25) is 9.59 Å². The molecular weight excluding hydrogens is 268 g/mol. The summed E-state index contributed by atoms with van der Waals surface area (Å²) in [6.07, 6.45) is 1.45. The molecule has 0 aromatic carbocycles. The summed E-state index contributed by atoms with van der Waals surface area (Å²) >= 11 is 0. The predicted octanol–water partition coefficient (Wildman–Crippen LogP) is 1.09. The zero-order valence-corrected chi connectivity index (χ0v) is 13.5. The van der Waals surface area contributed by atoms with Gasteiger partial charge in [-0.05, 0) is 13.3 Å². The van der Waals surface area contributed by atoms with Crippen molar-refractivity contribution < 1.29 is 27.9 Å². The van der Waals surface area contributed by atoms with E-state index in [2.05, 4.69) is 0 Å². The van der Waals surface area contributed by atoms with Crippen LogP contribution in [-0.4, -0.2) is 46.8 Å². The molecule has 0 saturated heterocycles. The van der Waals surface area contributed by atoms with Gasteiger partial charge in [0.25, 0.3) is 11.9 Å². The maximum absolute atomic E-state index is 11.1. The van der Waals surface area contributed by atoms with Crippen molar-refractivity contribution in [2.75, 3.05) is 13.7 Å². The molecule has 7 heteroatoms. The van der Waals surface area contributed by atoms with Crippen LogP contribution in [0.5, 0.6) is 0 Å². The molecule has 0 aromatic rings. The lowest BCUT2D eigenvalue weighted by Crippen LogP contribution is -2.42. The van der Waals surface area contributed by atoms with Crippen LogP contribution >= 0.6 is 0 Å². The Kier molecular flexibility index (Phi) is 9.45. The molecule has 112 valence electrons. The first-order valence-electron chi connectivity index (χ1n) is 6.39. The van der Waals surface area contributed by atoms with Gasteiger partial charge in [0.05, 0.1) is 12.7 Å². The minimum atomic E-state index is -2.53. The number of carbonyl (C=O) groups excluding carboxylic acids is 2. The van der Waals surface area contributed by atoms with Crippen LogP contribution in [0.25, 0.3) is 0 Å². The van der Waals surface area contributed by atoms with E-state index in [0.717, 1.165) is 6.42 Å². The number of carbonyl (C=O) groups is 2. The standard InChI is InChI=1S/C12H24O6Si/c1-6-7-12(16-8-9(2)15-5)19(17-10(3)13)18-11(4)14/h9,12,19H,6-8H2,1-5H3. The highest BCUT2D eigenvalue weighted by Crippen LogP contribution is 2.11. The minimum absolute atomic E-state index is 0.0661. The van der Waals surface area contributed by atoms with Crippen molar-refractivity contribution in [2.24, 2.45) is 0 Å². The summed E-state index contributed by atoms with van der Waals surface area (Å²) < 4.78 is 21.0. The fourth-order valence-electron chi connectivity index (χ4n) is 1.41. The Morgan fingerprint density at radius 2 is 1.68 bits per heavy atom. The van der Waals surface area contributed by atoms with Crippen LogP contribution in [0.15, 0.2) is 0 Å². The molecule has 0 amide bonds. The van der Waals surface area contributed by atoms with Gasteiger partial charge in [-0.25, -0.2) is 0 Å². The molecule has 0 radical (unpaired) electrons. The van der Waals surface area contributed by atoms with E-state index in [1.54, 1.807) is 7.11 Å². The first-order chi connectivity index (χ1) is 8.90. The zero-order chi connectivity index (χ0) is 14.8. The highest BCUT2D eigenvalue weighted by Gasteiger charge is 2.32. The molecule has 0 heterocycles. The van der Waals surface area contributed by atoms with Crippen LogP contribution in [0.2, 0.25) is 0 Å². The van der Waals surface area contributed by atoms with Gasteiger partial charge in [0.2, 0.25) is 0 Å². The highest BCUT2D eigenvalue weighted by molar-refractivity contribution is 6.50. The van der Waals surface area contributed by atoms with Crippen LogP contribution in [-0.2, 0) is 27.9 Å². The van der Waals surface area contributed by atoms with Gasteiger partial charge in [-0.1, -0.05) is 13.3 Å². The highest BCUT2D eigenvalue weighted by atomic mass is 28.3. The molecular formula is C12H24O6Si. The van der Waals surface area contributed by atoms with Crippen molar-refractivity contribution in [1.29, 1.82) is 0 Å². The van der Waals surface area contributed by atoms with E-state index in [9.17, 15) is 9.59 Å². The van der Waals surface area contributed by atoms with E-state index in [4.69, 9.17) is 18.3 Å². The van der Waals surface area contributed by atoms with E-state index in [1.807, 2.05) is 13.8 Å². The molecule has 0 saturated carbocycles. The van der Waals surface area contributed by atoms with Crippen LogP contribution in [0, 0.1) is 0 Å². The van der Waals surface area contributed by atoms with Gasteiger partial charge in [0.1, 0.15) is 5.73 Å². The monoisotopic (exact) mass is 292 g/mol. The topological polar surface area (TPSA) is 71.1 Å². The number of hydrogen-bond acceptors (Lipinski definition) is 6. The third-order valence-electron chi connectivity index (χ3n) is 2.39. The van der Waals surface area contributed by atoms with Crippen molar-refractivity contribution in [3.63, 3.8) is 0 Å². The second-order valence-electron chi connectivity index (χ2n) is 4.29. The summed E-state index contributed by atoms with van der Waals surface area (Å²) in [5, 5.41) is 0. The Morgan fingerprint density at radius 3 is 2.05 bits per heavy atom. The molecule has 0 N–H and O–H groups in total. The fourth-order valence-corrected chi connectivity index (χ4v) is 3.29. The van der Waals surface area contributed by atoms with Gasteiger partial charge in [-0.2, -0.15) is 0 Å². The Morgan fingerprint density at radius 1 is 1.16 bits per heavy atom. The van der Waals surface area contributed by atoms with Crippen molar-refractivity contribution in [2.45, 2.75) is 52.4 Å². The lowest BCUT2D eigenvalue weighted by atomic mass is 10.3. The molecule has 0 bridgehead atoms. The summed E-state index contributed by atoms with van der Waals surface area (Å²) in [6.45, 7) is 6.82. The zero-order valence-electron chi connectivity index (χ0n) is 12.3. The first-order valence-corrected chi connectivity index (χ1v) is 8.00. The van der Waals surface area contributed by atoms with Gasteiger partial charge in [-0.15, -0.1) is 0 Å². The molecule has 2 atom stereocenters. The summed E-state index contributed by atoms with van der Waals surface area (Å²) in [4.78, 5) is 22.2. The molecule has 0 spiro atoms. The molecule has 0 aliphatic carbocycles. The SMILES string of the molecule is CCCC(OCC(C)OC)[SiH](OC(C)=O)OC(C)=O. The number of hydrogen-bond donors (Lipinski definition) is 0. The Hall–Kier alpha value is -0.923.